The third-order valence-corrected chi connectivity index (χ3v) is 2.50. The molecule has 0 aliphatic heterocycles. The monoisotopic (exact) mass is 264 g/mol. The van der Waals surface area contributed by atoms with Gasteiger partial charge in [0.15, 0.2) is 0 Å². The van der Waals surface area contributed by atoms with Gasteiger partial charge >= 0.3 is 6.03 Å². The standard InChI is InChI=1S/C14H17FN2O2/c1-3-17(2)14(19)16-13-8-7-12(15)10-11(13)6-4-5-9-18/h7-8,10,18H,3,5,9H2,1-2H3,(H,16,19). The molecule has 0 aliphatic carbocycles. The molecule has 102 valence electrons. The normalized spacial score (nSPS) is 9.47. The first-order chi connectivity index (χ1) is 9.08. The highest BCUT2D eigenvalue weighted by molar-refractivity contribution is 5.90. The van der Waals surface area contributed by atoms with Gasteiger partial charge in [0, 0.05) is 20.0 Å². The summed E-state index contributed by atoms with van der Waals surface area (Å²) in [6.07, 6.45) is 0.304. The molecule has 2 N–H and O–H groups in total. The predicted molar refractivity (Wildman–Crippen MR) is 72.3 cm³/mol. The summed E-state index contributed by atoms with van der Waals surface area (Å²) in [5.74, 6) is 5.02. The predicted octanol–water partition coefficient (Wildman–Crippen LogP) is 2.04. The summed E-state index contributed by atoms with van der Waals surface area (Å²) >= 11 is 0. The Morgan fingerprint density at radius 1 is 1.53 bits per heavy atom. The number of amides is 2. The van der Waals surface area contributed by atoms with E-state index in [-0.39, 0.29) is 12.6 Å². The van der Waals surface area contributed by atoms with Gasteiger partial charge in [-0.25, -0.2) is 9.18 Å². The first-order valence-corrected chi connectivity index (χ1v) is 6.00. The molecule has 0 atom stereocenters. The average Bonchev–Trinajstić information content (AvgIpc) is 2.40. The van der Waals surface area contributed by atoms with E-state index in [0.717, 1.165) is 0 Å². The molecule has 2 amide bonds. The molecule has 0 bridgehead atoms. The summed E-state index contributed by atoms with van der Waals surface area (Å²) in [4.78, 5) is 13.2. The lowest BCUT2D eigenvalue weighted by atomic mass is 10.1. The highest BCUT2D eigenvalue weighted by atomic mass is 19.1. The van der Waals surface area contributed by atoms with Crippen molar-refractivity contribution < 1.29 is 14.3 Å². The molecule has 4 nitrogen and oxygen atoms in total. The SMILES string of the molecule is CCN(C)C(=O)Nc1ccc(F)cc1C#CCCO. The molecule has 1 aromatic rings. The van der Waals surface area contributed by atoms with Crippen molar-refractivity contribution >= 4 is 11.7 Å². The van der Waals surface area contributed by atoms with E-state index in [0.29, 0.717) is 24.2 Å². The van der Waals surface area contributed by atoms with Crippen LogP contribution in [0.2, 0.25) is 0 Å². The molecule has 5 heteroatoms. The molecule has 1 rings (SSSR count). The van der Waals surface area contributed by atoms with Crippen LogP contribution in [-0.2, 0) is 0 Å². The molecule has 0 fully saturated rings. The van der Waals surface area contributed by atoms with Gasteiger partial charge in [-0.05, 0) is 25.1 Å². The number of aliphatic hydroxyl groups excluding tert-OH is 1. The topological polar surface area (TPSA) is 52.6 Å². The average molecular weight is 264 g/mol. The van der Waals surface area contributed by atoms with Gasteiger partial charge in [-0.1, -0.05) is 11.8 Å². The van der Waals surface area contributed by atoms with Crippen molar-refractivity contribution in [1.82, 2.24) is 4.90 Å². The van der Waals surface area contributed by atoms with Crippen molar-refractivity contribution in [2.75, 3.05) is 25.5 Å². The Morgan fingerprint density at radius 2 is 2.26 bits per heavy atom. The Hall–Kier alpha value is -2.06. The van der Waals surface area contributed by atoms with Crippen molar-refractivity contribution in [3.8, 4) is 11.8 Å². The summed E-state index contributed by atoms with van der Waals surface area (Å²) in [6, 6.07) is 3.71. The molecule has 0 aromatic heterocycles. The Morgan fingerprint density at radius 3 is 2.89 bits per heavy atom. The van der Waals surface area contributed by atoms with Gasteiger partial charge in [0.05, 0.1) is 17.9 Å². The van der Waals surface area contributed by atoms with Crippen LogP contribution in [0.5, 0.6) is 0 Å². The summed E-state index contributed by atoms with van der Waals surface area (Å²) in [5, 5.41) is 11.3. The maximum atomic E-state index is 13.2. The number of nitrogens with one attached hydrogen (secondary N) is 1. The van der Waals surface area contributed by atoms with Crippen molar-refractivity contribution in [3.05, 3.63) is 29.6 Å². The zero-order valence-corrected chi connectivity index (χ0v) is 11.0. The zero-order valence-electron chi connectivity index (χ0n) is 11.0. The van der Waals surface area contributed by atoms with Crippen molar-refractivity contribution in [3.63, 3.8) is 0 Å². The van der Waals surface area contributed by atoms with Crippen molar-refractivity contribution in [2.45, 2.75) is 13.3 Å². The Labute approximate surface area is 112 Å². The second kappa shape index (κ2) is 7.39. The summed E-state index contributed by atoms with van der Waals surface area (Å²) in [6.45, 7) is 2.37. The smallest absolute Gasteiger partial charge is 0.321 e. The Balaban J connectivity index is 2.94. The van der Waals surface area contributed by atoms with Gasteiger partial charge in [0.2, 0.25) is 0 Å². The molecular weight excluding hydrogens is 247 g/mol. The highest BCUT2D eigenvalue weighted by Gasteiger charge is 2.09. The van der Waals surface area contributed by atoms with E-state index in [4.69, 9.17) is 5.11 Å². The number of anilines is 1. The number of halogens is 1. The van der Waals surface area contributed by atoms with Crippen LogP contribution in [0.15, 0.2) is 18.2 Å². The highest BCUT2D eigenvalue weighted by Crippen LogP contribution is 2.16. The number of carbonyl (C=O) groups excluding carboxylic acids is 1. The molecule has 0 radical (unpaired) electrons. The lowest BCUT2D eigenvalue weighted by molar-refractivity contribution is 0.224. The van der Waals surface area contributed by atoms with Crippen LogP contribution < -0.4 is 5.32 Å². The van der Waals surface area contributed by atoms with Crippen LogP contribution in [0.1, 0.15) is 18.9 Å². The van der Waals surface area contributed by atoms with E-state index in [9.17, 15) is 9.18 Å². The molecule has 0 spiro atoms. The van der Waals surface area contributed by atoms with E-state index >= 15 is 0 Å². The van der Waals surface area contributed by atoms with Gasteiger partial charge in [-0.2, -0.15) is 0 Å². The molecule has 0 unspecified atom stereocenters. The molecule has 0 saturated heterocycles. The van der Waals surface area contributed by atoms with Gasteiger partial charge in [0.1, 0.15) is 5.82 Å². The van der Waals surface area contributed by atoms with Crippen LogP contribution in [0.4, 0.5) is 14.9 Å². The lowest BCUT2D eigenvalue weighted by Gasteiger charge is -2.16. The minimum atomic E-state index is -0.421. The number of benzene rings is 1. The quantitative estimate of drug-likeness (QED) is 0.821. The fourth-order valence-electron chi connectivity index (χ4n) is 1.30. The van der Waals surface area contributed by atoms with Gasteiger partial charge < -0.3 is 15.3 Å². The Kier molecular flexibility index (Phi) is 5.83. The van der Waals surface area contributed by atoms with Crippen LogP contribution in [0.3, 0.4) is 0 Å². The van der Waals surface area contributed by atoms with Crippen LogP contribution in [-0.4, -0.2) is 36.2 Å². The number of hydrogen-bond acceptors (Lipinski definition) is 2. The molecule has 0 aliphatic rings. The second-order valence-corrected chi connectivity index (χ2v) is 3.91. The largest absolute Gasteiger partial charge is 0.395 e. The van der Waals surface area contributed by atoms with Crippen LogP contribution >= 0.6 is 0 Å². The zero-order chi connectivity index (χ0) is 14.3. The van der Waals surface area contributed by atoms with Crippen molar-refractivity contribution in [1.29, 1.82) is 0 Å². The fourth-order valence-corrected chi connectivity index (χ4v) is 1.30. The van der Waals surface area contributed by atoms with E-state index < -0.39 is 5.82 Å². The van der Waals surface area contributed by atoms with E-state index in [1.807, 2.05) is 6.92 Å². The van der Waals surface area contributed by atoms with Crippen LogP contribution in [0, 0.1) is 17.7 Å². The number of urea groups is 1. The molecular formula is C14H17FN2O2. The minimum absolute atomic E-state index is 0.0530. The number of carbonyl (C=O) groups is 1. The Bertz CT molecular complexity index is 506. The first kappa shape index (κ1) is 15.0. The number of rotatable bonds is 3. The fraction of sp³-hybridized carbons (Fsp3) is 0.357. The van der Waals surface area contributed by atoms with Gasteiger partial charge in [-0.3, -0.25) is 0 Å². The van der Waals surface area contributed by atoms with E-state index in [2.05, 4.69) is 17.2 Å². The van der Waals surface area contributed by atoms with E-state index in [1.54, 1.807) is 7.05 Å². The van der Waals surface area contributed by atoms with Gasteiger partial charge in [0.25, 0.3) is 0 Å². The third kappa shape index (κ3) is 4.60. The summed E-state index contributed by atoms with van der Waals surface area (Å²) in [5.41, 5.74) is 0.850. The van der Waals surface area contributed by atoms with E-state index in [1.165, 1.54) is 23.1 Å². The maximum absolute atomic E-state index is 13.2. The maximum Gasteiger partial charge on any atom is 0.321 e. The van der Waals surface area contributed by atoms with Gasteiger partial charge in [-0.15, -0.1) is 0 Å². The third-order valence-electron chi connectivity index (χ3n) is 2.50. The van der Waals surface area contributed by atoms with Crippen LogP contribution in [0.25, 0.3) is 0 Å². The molecule has 0 heterocycles. The first-order valence-electron chi connectivity index (χ1n) is 6.00. The second-order valence-electron chi connectivity index (χ2n) is 3.91. The van der Waals surface area contributed by atoms with Crippen molar-refractivity contribution in [2.24, 2.45) is 0 Å². The lowest BCUT2D eigenvalue weighted by Crippen LogP contribution is -2.31. The molecule has 1 aromatic carbocycles. The summed E-state index contributed by atoms with van der Waals surface area (Å²) in [7, 11) is 1.66. The minimum Gasteiger partial charge on any atom is -0.395 e. The summed E-state index contributed by atoms with van der Waals surface area (Å²) < 4.78 is 13.2. The number of aliphatic hydroxyl groups is 1. The molecule has 19 heavy (non-hydrogen) atoms. The number of nitrogens with zero attached hydrogens (tertiary/aromatic N) is 1. The number of hydrogen-bond donors (Lipinski definition) is 2. The molecule has 0 saturated carbocycles.